The minimum atomic E-state index is -0.459. The van der Waals surface area contributed by atoms with Gasteiger partial charge in [0.1, 0.15) is 46.1 Å². The van der Waals surface area contributed by atoms with Gasteiger partial charge in [-0.1, -0.05) is 0 Å². The van der Waals surface area contributed by atoms with Crippen LogP contribution in [0, 0.1) is 17.6 Å². The largest absolute Gasteiger partial charge is 0.349 e. The van der Waals surface area contributed by atoms with E-state index >= 15 is 0 Å². The molecule has 5 rings (SSSR count). The van der Waals surface area contributed by atoms with E-state index in [-0.39, 0.29) is 24.0 Å². The number of rotatable bonds is 5. The number of nitrogens with zero attached hydrogens (tertiary/aromatic N) is 4. The Bertz CT molecular complexity index is 1160. The highest BCUT2D eigenvalue weighted by Gasteiger charge is 2.32. The summed E-state index contributed by atoms with van der Waals surface area (Å²) in [5.41, 5.74) is 1.38. The molecule has 3 heterocycles. The number of aromatic nitrogens is 3. The van der Waals surface area contributed by atoms with Crippen LogP contribution in [0.25, 0.3) is 5.65 Å². The minimum absolute atomic E-state index is 0.0658. The lowest BCUT2D eigenvalue weighted by atomic mass is 10.0. The third kappa shape index (κ3) is 4.05. The van der Waals surface area contributed by atoms with Crippen molar-refractivity contribution in [3.05, 3.63) is 53.9 Å². The summed E-state index contributed by atoms with van der Waals surface area (Å²) in [6.07, 6.45) is 7.35. The molecule has 1 aromatic carbocycles. The van der Waals surface area contributed by atoms with Crippen molar-refractivity contribution in [2.45, 2.75) is 44.2 Å². The van der Waals surface area contributed by atoms with Crippen molar-refractivity contribution in [2.24, 2.45) is 5.92 Å². The molecule has 1 aliphatic heterocycles. The van der Waals surface area contributed by atoms with Crippen LogP contribution in [-0.2, 0) is 7.86 Å². The number of halogens is 3. The molecule has 0 radical (unpaired) electrons. The van der Waals surface area contributed by atoms with E-state index in [1.807, 2.05) is 27.9 Å². The topological polar surface area (TPSA) is 71.8 Å². The van der Waals surface area contributed by atoms with Crippen molar-refractivity contribution in [2.75, 3.05) is 16.8 Å². The van der Waals surface area contributed by atoms with Crippen LogP contribution in [0.5, 0.6) is 0 Å². The molecule has 0 spiro atoms. The summed E-state index contributed by atoms with van der Waals surface area (Å²) in [6, 6.07) is 5.06. The predicted octanol–water partition coefficient (Wildman–Crippen LogP) is 4.82. The van der Waals surface area contributed by atoms with Crippen molar-refractivity contribution in [3.63, 3.8) is 0 Å². The average Bonchev–Trinajstić information content (AvgIpc) is 3.55. The van der Waals surface area contributed by atoms with Gasteiger partial charge in [-0.25, -0.2) is 18.3 Å². The van der Waals surface area contributed by atoms with E-state index < -0.39 is 11.6 Å². The van der Waals surface area contributed by atoms with E-state index in [2.05, 4.69) is 10.4 Å². The third-order valence-electron chi connectivity index (χ3n) is 6.36. The maximum Gasteiger partial charge on any atom is 0.227 e. The van der Waals surface area contributed by atoms with E-state index in [0.29, 0.717) is 42.1 Å². The van der Waals surface area contributed by atoms with Crippen molar-refractivity contribution in [1.29, 1.82) is 0 Å². The van der Waals surface area contributed by atoms with Crippen LogP contribution in [0.4, 0.5) is 20.3 Å². The molecule has 3 atom stereocenters. The second-order valence-electron chi connectivity index (χ2n) is 8.34. The molecule has 3 aromatic rings. The number of carbonyl (C=O) groups is 1. The second kappa shape index (κ2) is 8.89. The molecular weight excluding hydrogens is 531 g/mol. The molecule has 1 saturated heterocycles. The molecule has 1 N–H and O–H groups in total. The Morgan fingerprint density at radius 2 is 2.09 bits per heavy atom. The van der Waals surface area contributed by atoms with E-state index in [4.69, 9.17) is 8.05 Å². The Morgan fingerprint density at radius 3 is 2.91 bits per heavy atom. The molecule has 168 valence electrons. The van der Waals surface area contributed by atoms with Gasteiger partial charge < -0.3 is 13.3 Å². The van der Waals surface area contributed by atoms with Gasteiger partial charge in [0.15, 0.2) is 5.65 Å². The Labute approximate surface area is 197 Å². The van der Waals surface area contributed by atoms with E-state index in [1.165, 1.54) is 12.1 Å². The zero-order chi connectivity index (χ0) is 22.2. The summed E-state index contributed by atoms with van der Waals surface area (Å²) in [5.74, 6) is -0.416. The highest BCUT2D eigenvalue weighted by atomic mass is 127. The fourth-order valence-electron chi connectivity index (χ4n) is 4.74. The van der Waals surface area contributed by atoms with Crippen LogP contribution in [-0.4, -0.2) is 33.2 Å². The Balaban J connectivity index is 1.41. The Hall–Kier alpha value is -2.34. The molecule has 1 aliphatic carbocycles. The maximum atomic E-state index is 14.4. The molecule has 7 nitrogen and oxygen atoms in total. The first-order valence-electron chi connectivity index (χ1n) is 10.7. The van der Waals surface area contributed by atoms with Gasteiger partial charge in [-0.3, -0.25) is 4.79 Å². The number of hydrogen-bond acceptors (Lipinski definition) is 5. The summed E-state index contributed by atoms with van der Waals surface area (Å²) in [4.78, 5) is 19.5. The molecule has 32 heavy (non-hydrogen) atoms. The van der Waals surface area contributed by atoms with Crippen LogP contribution < -0.4 is 10.2 Å². The average molecular weight is 553 g/mol. The molecule has 2 unspecified atom stereocenters. The Morgan fingerprint density at radius 1 is 1.22 bits per heavy atom. The van der Waals surface area contributed by atoms with E-state index in [1.54, 1.807) is 23.0 Å². The van der Waals surface area contributed by atoms with Gasteiger partial charge in [-0.15, -0.1) is 0 Å². The van der Waals surface area contributed by atoms with Crippen LogP contribution in [0.1, 0.15) is 43.7 Å². The van der Waals surface area contributed by atoms with Gasteiger partial charge in [0, 0.05) is 24.2 Å². The zero-order valence-electron chi connectivity index (χ0n) is 17.2. The van der Waals surface area contributed by atoms with Gasteiger partial charge in [0.2, 0.25) is 5.91 Å². The van der Waals surface area contributed by atoms with Crippen molar-refractivity contribution in [3.8, 4) is 0 Å². The van der Waals surface area contributed by atoms with Gasteiger partial charge in [0.25, 0.3) is 0 Å². The number of hydrogen-bond donors (Lipinski definition) is 1. The minimum Gasteiger partial charge on any atom is -0.349 e. The van der Waals surface area contributed by atoms with Crippen molar-refractivity contribution >= 4 is 46.1 Å². The van der Waals surface area contributed by atoms with Gasteiger partial charge in [0.05, 0.1) is 18.3 Å². The molecule has 0 bridgehead atoms. The van der Waals surface area contributed by atoms with E-state index in [0.717, 1.165) is 25.3 Å². The van der Waals surface area contributed by atoms with Crippen molar-refractivity contribution < 1.29 is 16.6 Å². The van der Waals surface area contributed by atoms with E-state index in [9.17, 15) is 13.6 Å². The first kappa shape index (κ1) is 21.5. The normalized spacial score (nSPS) is 23.2. The Kier molecular flexibility index (Phi) is 5.97. The molecule has 2 aliphatic rings. The molecular formula is C22H22F2IN5O2. The lowest BCUT2D eigenvalue weighted by Crippen LogP contribution is -2.25. The lowest BCUT2D eigenvalue weighted by Gasteiger charge is -2.26. The highest BCUT2D eigenvalue weighted by molar-refractivity contribution is 14.1. The van der Waals surface area contributed by atoms with Gasteiger partial charge in [-0.05, 0) is 56.4 Å². The summed E-state index contributed by atoms with van der Waals surface area (Å²) in [7, 11) is 0. The molecule has 2 aromatic heterocycles. The number of anilines is 2. The van der Waals surface area contributed by atoms with Crippen LogP contribution in [0.2, 0.25) is 0 Å². The van der Waals surface area contributed by atoms with Crippen LogP contribution >= 0.6 is 23.0 Å². The third-order valence-corrected chi connectivity index (χ3v) is 7.08. The fourth-order valence-corrected chi connectivity index (χ4v) is 5.20. The van der Waals surface area contributed by atoms with Gasteiger partial charge in [-0.2, -0.15) is 5.10 Å². The van der Waals surface area contributed by atoms with Crippen LogP contribution in [0.15, 0.2) is 36.7 Å². The summed E-state index contributed by atoms with van der Waals surface area (Å²) in [5, 5.41) is 7.24. The zero-order valence-corrected chi connectivity index (χ0v) is 19.3. The highest BCUT2D eigenvalue weighted by Crippen LogP contribution is 2.37. The second-order valence-corrected chi connectivity index (χ2v) is 8.85. The van der Waals surface area contributed by atoms with Gasteiger partial charge >= 0.3 is 0 Å². The SMILES string of the molecule is O=C(Nc1cnn2ccc(N3CCCC3c3cc(F)ccc3F)nc12)[C@H]1CCC(OI)C1. The number of fused-ring (bicyclic) bond motifs is 1. The monoisotopic (exact) mass is 553 g/mol. The fraction of sp³-hybridized carbons (Fsp3) is 0.409. The summed E-state index contributed by atoms with van der Waals surface area (Å²) >= 11 is 1.88. The molecule has 1 amide bonds. The van der Waals surface area contributed by atoms with Crippen molar-refractivity contribution in [1.82, 2.24) is 14.6 Å². The smallest absolute Gasteiger partial charge is 0.227 e. The predicted molar refractivity (Wildman–Crippen MR) is 124 cm³/mol. The number of benzene rings is 1. The number of amides is 1. The molecule has 10 heteroatoms. The maximum absolute atomic E-state index is 14.4. The summed E-state index contributed by atoms with van der Waals surface area (Å²) in [6.45, 7) is 0.680. The van der Waals surface area contributed by atoms with Crippen LogP contribution in [0.3, 0.4) is 0 Å². The lowest BCUT2D eigenvalue weighted by molar-refractivity contribution is -0.119. The number of nitrogens with one attached hydrogen (secondary N) is 1. The first-order chi connectivity index (χ1) is 15.5. The quantitative estimate of drug-likeness (QED) is 0.459. The molecule has 2 fully saturated rings. The number of carbonyl (C=O) groups excluding carboxylic acids is 1. The standard InChI is InChI=1S/C22H22F2IN5O2/c23-14-4-6-17(24)16(11-14)19-2-1-8-29(19)20-7-9-30-21(28-20)18(12-26-30)27-22(31)13-3-5-15(10-13)32-25/h4,6-7,9,11-13,15,19H,1-3,5,8,10H2,(H,27,31)/t13-,15?,19?/m0/s1. The summed E-state index contributed by atoms with van der Waals surface area (Å²) < 4.78 is 35.2. The first-order valence-corrected chi connectivity index (χ1v) is 11.6. The molecule has 1 saturated carbocycles.